The normalized spacial score (nSPS) is 7.90. The maximum atomic E-state index is 9.51. The molecule has 0 unspecified atom stereocenters. The van der Waals surface area contributed by atoms with E-state index >= 15 is 0 Å². The van der Waals surface area contributed by atoms with Gasteiger partial charge in [0.25, 0.3) is 0 Å². The molecule has 112 valence electrons. The fourth-order valence-corrected chi connectivity index (χ4v) is 1.35. The lowest BCUT2D eigenvalue weighted by Gasteiger charge is -2.02. The summed E-state index contributed by atoms with van der Waals surface area (Å²) in [6.07, 6.45) is 2.37. The number of nitrogens with zero attached hydrogens (tertiary/aromatic N) is 1. The van der Waals surface area contributed by atoms with Crippen molar-refractivity contribution in [3.63, 3.8) is 0 Å². The van der Waals surface area contributed by atoms with Crippen LogP contribution in [0.25, 0.3) is 0 Å². The second kappa shape index (κ2) is 15.2. The molecule has 0 aliphatic carbocycles. The Morgan fingerprint density at radius 2 is 1.35 bits per heavy atom. The fraction of sp³-hybridized carbons (Fsp3) is 0.389. The molecule has 2 aromatic rings. The van der Waals surface area contributed by atoms with E-state index in [9.17, 15) is 5.11 Å². The molecule has 0 aliphatic heterocycles. The molecule has 1 heterocycles. The average molecular weight is 275 g/mol. The first-order chi connectivity index (χ1) is 9.86. The third kappa shape index (κ3) is 8.30. The van der Waals surface area contributed by atoms with Crippen LogP contribution in [0.1, 0.15) is 52.8 Å². The first-order valence-corrected chi connectivity index (χ1v) is 7.53. The molecule has 0 saturated heterocycles. The minimum atomic E-state index is 0.261. The SMILES string of the molecule is CC.CC.CC.Oc1cccnc1Cc1ccccc1. The second-order valence-electron chi connectivity index (χ2n) is 3.13. The largest absolute Gasteiger partial charge is 0.506 e. The van der Waals surface area contributed by atoms with Crippen LogP contribution in [0.15, 0.2) is 48.7 Å². The van der Waals surface area contributed by atoms with Gasteiger partial charge in [0.2, 0.25) is 0 Å². The van der Waals surface area contributed by atoms with Gasteiger partial charge < -0.3 is 5.11 Å². The number of hydrogen-bond donors (Lipinski definition) is 1. The highest BCUT2D eigenvalue weighted by molar-refractivity contribution is 5.30. The molecule has 0 aliphatic rings. The lowest BCUT2D eigenvalue weighted by atomic mass is 10.1. The molecule has 0 bridgehead atoms. The Balaban J connectivity index is 0. The van der Waals surface area contributed by atoms with Crippen LogP contribution in [0.4, 0.5) is 0 Å². The third-order valence-electron chi connectivity index (χ3n) is 2.08. The molecule has 1 aromatic heterocycles. The van der Waals surface area contributed by atoms with E-state index in [1.165, 1.54) is 0 Å². The Morgan fingerprint density at radius 3 is 1.85 bits per heavy atom. The Bertz CT molecular complexity index is 413. The van der Waals surface area contributed by atoms with Gasteiger partial charge in [-0.15, -0.1) is 0 Å². The number of pyridine rings is 1. The Morgan fingerprint density at radius 1 is 0.800 bits per heavy atom. The highest BCUT2D eigenvalue weighted by Gasteiger charge is 2.01. The lowest BCUT2D eigenvalue weighted by Crippen LogP contribution is -1.91. The van der Waals surface area contributed by atoms with Crippen LogP contribution in [0, 0.1) is 0 Å². The molecule has 0 atom stereocenters. The van der Waals surface area contributed by atoms with Gasteiger partial charge in [0.1, 0.15) is 5.75 Å². The lowest BCUT2D eigenvalue weighted by molar-refractivity contribution is 0.465. The van der Waals surface area contributed by atoms with E-state index in [0.29, 0.717) is 6.42 Å². The molecular formula is C18H29NO. The topological polar surface area (TPSA) is 33.1 Å². The van der Waals surface area contributed by atoms with Crippen molar-refractivity contribution in [2.75, 3.05) is 0 Å². The van der Waals surface area contributed by atoms with Crippen molar-refractivity contribution < 1.29 is 5.11 Å². The van der Waals surface area contributed by atoms with E-state index in [0.717, 1.165) is 11.3 Å². The van der Waals surface area contributed by atoms with Gasteiger partial charge in [-0.05, 0) is 17.7 Å². The first-order valence-electron chi connectivity index (χ1n) is 7.53. The molecule has 2 heteroatoms. The van der Waals surface area contributed by atoms with Crippen molar-refractivity contribution in [2.45, 2.75) is 48.0 Å². The fourth-order valence-electron chi connectivity index (χ4n) is 1.35. The summed E-state index contributed by atoms with van der Waals surface area (Å²) in [6.45, 7) is 12.0. The monoisotopic (exact) mass is 275 g/mol. The molecule has 0 spiro atoms. The summed E-state index contributed by atoms with van der Waals surface area (Å²) in [7, 11) is 0. The molecule has 2 rings (SSSR count). The van der Waals surface area contributed by atoms with Crippen LogP contribution >= 0.6 is 0 Å². The van der Waals surface area contributed by atoms with E-state index in [1.807, 2.05) is 71.9 Å². The predicted molar refractivity (Wildman–Crippen MR) is 89.2 cm³/mol. The number of benzene rings is 1. The summed E-state index contributed by atoms with van der Waals surface area (Å²) >= 11 is 0. The summed E-state index contributed by atoms with van der Waals surface area (Å²) in [6, 6.07) is 13.4. The third-order valence-corrected chi connectivity index (χ3v) is 2.08. The summed E-state index contributed by atoms with van der Waals surface area (Å²) < 4.78 is 0. The highest BCUT2D eigenvalue weighted by Crippen LogP contribution is 2.16. The number of hydrogen-bond acceptors (Lipinski definition) is 2. The Kier molecular flexibility index (Phi) is 15.6. The molecule has 1 aromatic carbocycles. The van der Waals surface area contributed by atoms with Crippen LogP contribution in [0.3, 0.4) is 0 Å². The predicted octanol–water partition coefficient (Wildman–Crippen LogP) is 5.46. The van der Waals surface area contributed by atoms with Crippen molar-refractivity contribution in [3.8, 4) is 5.75 Å². The second-order valence-corrected chi connectivity index (χ2v) is 3.13. The average Bonchev–Trinajstić information content (AvgIpc) is 2.56. The van der Waals surface area contributed by atoms with Crippen molar-refractivity contribution in [1.29, 1.82) is 0 Å². The molecule has 0 fully saturated rings. The van der Waals surface area contributed by atoms with Crippen LogP contribution in [-0.4, -0.2) is 10.1 Å². The van der Waals surface area contributed by atoms with Crippen molar-refractivity contribution >= 4 is 0 Å². The maximum absolute atomic E-state index is 9.51. The van der Waals surface area contributed by atoms with Crippen LogP contribution in [0.2, 0.25) is 0 Å². The first kappa shape index (κ1) is 20.5. The summed E-state index contributed by atoms with van der Waals surface area (Å²) in [4.78, 5) is 4.12. The van der Waals surface area contributed by atoms with E-state index in [-0.39, 0.29) is 5.75 Å². The van der Waals surface area contributed by atoms with Gasteiger partial charge in [0.15, 0.2) is 0 Å². The molecule has 1 N–H and O–H groups in total. The number of aromatic nitrogens is 1. The van der Waals surface area contributed by atoms with Crippen molar-refractivity contribution in [1.82, 2.24) is 4.98 Å². The number of rotatable bonds is 2. The molecule has 2 nitrogen and oxygen atoms in total. The summed E-state index contributed by atoms with van der Waals surface area (Å²) in [5.41, 5.74) is 1.88. The molecule has 0 amide bonds. The highest BCUT2D eigenvalue weighted by atomic mass is 16.3. The van der Waals surface area contributed by atoms with Crippen molar-refractivity contribution in [2.24, 2.45) is 0 Å². The van der Waals surface area contributed by atoms with Gasteiger partial charge in [0, 0.05) is 12.6 Å². The molecule has 0 saturated carbocycles. The zero-order valence-corrected chi connectivity index (χ0v) is 13.7. The minimum Gasteiger partial charge on any atom is -0.506 e. The smallest absolute Gasteiger partial charge is 0.137 e. The van der Waals surface area contributed by atoms with Gasteiger partial charge >= 0.3 is 0 Å². The standard InChI is InChI=1S/C12H11NO.3C2H6/c14-12-7-4-8-13-11(12)9-10-5-2-1-3-6-10;3*1-2/h1-8,14H,9H2;3*1-2H3. The zero-order chi connectivity index (χ0) is 15.8. The van der Waals surface area contributed by atoms with Crippen LogP contribution in [0.5, 0.6) is 5.75 Å². The van der Waals surface area contributed by atoms with Gasteiger partial charge in [-0.2, -0.15) is 0 Å². The van der Waals surface area contributed by atoms with E-state index in [2.05, 4.69) is 4.98 Å². The summed E-state index contributed by atoms with van der Waals surface area (Å²) in [5.74, 6) is 0.261. The van der Waals surface area contributed by atoms with E-state index in [4.69, 9.17) is 0 Å². The summed E-state index contributed by atoms with van der Waals surface area (Å²) in [5, 5.41) is 9.51. The molecule has 0 radical (unpaired) electrons. The van der Waals surface area contributed by atoms with Crippen LogP contribution < -0.4 is 0 Å². The van der Waals surface area contributed by atoms with Crippen LogP contribution in [-0.2, 0) is 6.42 Å². The van der Waals surface area contributed by atoms with Gasteiger partial charge in [-0.3, -0.25) is 4.98 Å². The Labute approximate surface area is 124 Å². The number of aromatic hydroxyl groups is 1. The van der Waals surface area contributed by atoms with Gasteiger partial charge in [-0.1, -0.05) is 71.9 Å². The van der Waals surface area contributed by atoms with Gasteiger partial charge in [-0.25, -0.2) is 0 Å². The minimum absolute atomic E-state index is 0.261. The van der Waals surface area contributed by atoms with Crippen molar-refractivity contribution in [3.05, 3.63) is 59.9 Å². The van der Waals surface area contributed by atoms with E-state index in [1.54, 1.807) is 18.3 Å². The maximum Gasteiger partial charge on any atom is 0.137 e. The van der Waals surface area contributed by atoms with E-state index < -0.39 is 0 Å². The zero-order valence-electron chi connectivity index (χ0n) is 13.7. The van der Waals surface area contributed by atoms with Gasteiger partial charge in [0.05, 0.1) is 5.69 Å². The quantitative estimate of drug-likeness (QED) is 0.789. The molecule has 20 heavy (non-hydrogen) atoms. The Hall–Kier alpha value is -1.83. The molecular weight excluding hydrogens is 246 g/mol.